The van der Waals surface area contributed by atoms with Crippen molar-refractivity contribution in [1.29, 1.82) is 0 Å². The van der Waals surface area contributed by atoms with Gasteiger partial charge < -0.3 is 20.6 Å². The first-order valence-corrected chi connectivity index (χ1v) is 9.66. The average Bonchev–Trinajstić information content (AvgIpc) is 3.17. The van der Waals surface area contributed by atoms with Crippen molar-refractivity contribution in [2.24, 2.45) is 4.99 Å². The number of aliphatic hydroxyl groups excluding tert-OH is 1. The molecule has 0 aliphatic heterocycles. The molecule has 140 valence electrons. The van der Waals surface area contributed by atoms with Crippen molar-refractivity contribution in [2.75, 3.05) is 33.2 Å². The lowest BCUT2D eigenvalue weighted by Crippen LogP contribution is -2.42. The third-order valence-electron chi connectivity index (χ3n) is 4.91. The molecule has 0 bridgehead atoms. The maximum atomic E-state index is 10.2. The molecule has 1 saturated carbocycles. The predicted octanol–water partition coefficient (Wildman–Crippen LogP) is 2.54. The molecule has 0 radical (unpaired) electrons. The summed E-state index contributed by atoms with van der Waals surface area (Å²) in [5.74, 6) is 0.836. The second kappa shape index (κ2) is 11.1. The van der Waals surface area contributed by atoms with Gasteiger partial charge in [0.05, 0.1) is 6.10 Å². The predicted molar refractivity (Wildman–Crippen MR) is 105 cm³/mol. The fourth-order valence-corrected chi connectivity index (χ4v) is 3.36. The zero-order chi connectivity index (χ0) is 17.9. The van der Waals surface area contributed by atoms with E-state index < -0.39 is 6.10 Å². The van der Waals surface area contributed by atoms with Crippen LogP contribution in [0, 0.1) is 0 Å². The molecule has 1 aromatic rings. The number of hydrogen-bond donors (Lipinski definition) is 3. The summed E-state index contributed by atoms with van der Waals surface area (Å²) in [6.45, 7) is 5.43. The first-order valence-electron chi connectivity index (χ1n) is 9.66. The van der Waals surface area contributed by atoms with Crippen molar-refractivity contribution in [2.45, 2.75) is 51.2 Å². The van der Waals surface area contributed by atoms with Crippen molar-refractivity contribution in [1.82, 2.24) is 15.5 Å². The van der Waals surface area contributed by atoms with E-state index in [1.807, 2.05) is 30.3 Å². The highest BCUT2D eigenvalue weighted by molar-refractivity contribution is 5.79. The summed E-state index contributed by atoms with van der Waals surface area (Å²) in [6, 6.07) is 10.5. The fourth-order valence-electron chi connectivity index (χ4n) is 3.36. The smallest absolute Gasteiger partial charge is 0.191 e. The lowest BCUT2D eigenvalue weighted by molar-refractivity contribution is 0.170. The van der Waals surface area contributed by atoms with Crippen LogP contribution in [0.5, 0.6) is 0 Å². The third kappa shape index (κ3) is 7.04. The van der Waals surface area contributed by atoms with Gasteiger partial charge in [-0.1, -0.05) is 43.2 Å². The monoisotopic (exact) mass is 346 g/mol. The summed E-state index contributed by atoms with van der Waals surface area (Å²) in [5, 5.41) is 16.9. The largest absolute Gasteiger partial charge is 0.388 e. The molecule has 1 fully saturated rings. The second-order valence-corrected chi connectivity index (χ2v) is 6.82. The Balaban J connectivity index is 1.71. The van der Waals surface area contributed by atoms with Crippen molar-refractivity contribution in [3.05, 3.63) is 35.9 Å². The molecule has 5 nitrogen and oxygen atoms in total. The van der Waals surface area contributed by atoms with Crippen LogP contribution >= 0.6 is 0 Å². The van der Waals surface area contributed by atoms with Crippen LogP contribution in [0.1, 0.15) is 50.7 Å². The van der Waals surface area contributed by atoms with Crippen molar-refractivity contribution < 1.29 is 5.11 Å². The fraction of sp³-hybridized carbons (Fsp3) is 0.650. The van der Waals surface area contributed by atoms with Gasteiger partial charge in [-0.2, -0.15) is 0 Å². The van der Waals surface area contributed by atoms with Gasteiger partial charge in [0.1, 0.15) is 0 Å². The number of hydrogen-bond acceptors (Lipinski definition) is 3. The van der Waals surface area contributed by atoms with Crippen LogP contribution in [-0.2, 0) is 0 Å². The van der Waals surface area contributed by atoms with Gasteiger partial charge in [0.25, 0.3) is 0 Å². The minimum absolute atomic E-state index is 0.457. The Kier molecular flexibility index (Phi) is 8.77. The number of rotatable bonds is 9. The summed E-state index contributed by atoms with van der Waals surface area (Å²) >= 11 is 0. The minimum atomic E-state index is -0.457. The normalized spacial score (nSPS) is 17.0. The Morgan fingerprint density at radius 2 is 1.96 bits per heavy atom. The SMILES string of the molecule is CCNC(=NCCC(O)c1ccccc1)NCCN(C)C1CCCC1. The van der Waals surface area contributed by atoms with E-state index in [-0.39, 0.29) is 0 Å². The summed E-state index contributed by atoms with van der Waals surface area (Å²) < 4.78 is 0. The second-order valence-electron chi connectivity index (χ2n) is 6.82. The molecule has 0 heterocycles. The first kappa shape index (κ1) is 19.7. The Morgan fingerprint density at radius 1 is 1.24 bits per heavy atom. The Morgan fingerprint density at radius 3 is 2.64 bits per heavy atom. The summed E-state index contributed by atoms with van der Waals surface area (Å²) in [5.41, 5.74) is 0.953. The molecule has 0 amide bonds. The Labute approximate surface area is 152 Å². The van der Waals surface area contributed by atoms with E-state index in [0.29, 0.717) is 13.0 Å². The zero-order valence-electron chi connectivity index (χ0n) is 15.7. The molecule has 1 atom stereocenters. The van der Waals surface area contributed by atoms with Crippen LogP contribution in [0.25, 0.3) is 0 Å². The molecule has 0 aromatic heterocycles. The maximum absolute atomic E-state index is 10.2. The van der Waals surface area contributed by atoms with Gasteiger partial charge in [-0.05, 0) is 38.8 Å². The molecule has 25 heavy (non-hydrogen) atoms. The highest BCUT2D eigenvalue weighted by Gasteiger charge is 2.18. The van der Waals surface area contributed by atoms with Gasteiger partial charge in [-0.3, -0.25) is 4.99 Å². The number of likely N-dealkylation sites (N-methyl/N-ethyl adjacent to an activating group) is 1. The molecule has 0 saturated heterocycles. The first-order chi connectivity index (χ1) is 12.2. The van der Waals surface area contributed by atoms with Crippen LogP contribution in [0.3, 0.4) is 0 Å². The highest BCUT2D eigenvalue weighted by Crippen LogP contribution is 2.21. The summed E-state index contributed by atoms with van der Waals surface area (Å²) in [4.78, 5) is 7.05. The summed E-state index contributed by atoms with van der Waals surface area (Å²) in [6.07, 6.45) is 5.58. The van der Waals surface area contributed by atoms with Crippen LogP contribution in [-0.4, -0.2) is 55.2 Å². The molecule has 3 N–H and O–H groups in total. The van der Waals surface area contributed by atoms with Gasteiger partial charge in [0.15, 0.2) is 5.96 Å². The van der Waals surface area contributed by atoms with E-state index in [1.54, 1.807) is 0 Å². The number of aliphatic imine (C=N–C) groups is 1. The summed E-state index contributed by atoms with van der Waals surface area (Å²) in [7, 11) is 2.22. The molecular formula is C20H34N4O. The maximum Gasteiger partial charge on any atom is 0.191 e. The van der Waals surface area contributed by atoms with E-state index in [2.05, 4.69) is 34.5 Å². The van der Waals surface area contributed by atoms with Gasteiger partial charge in [-0.25, -0.2) is 0 Å². The number of nitrogens with one attached hydrogen (secondary N) is 2. The van der Waals surface area contributed by atoms with Gasteiger partial charge in [0, 0.05) is 32.2 Å². The van der Waals surface area contributed by atoms with E-state index >= 15 is 0 Å². The average molecular weight is 347 g/mol. The van der Waals surface area contributed by atoms with Gasteiger partial charge in [0.2, 0.25) is 0 Å². The number of nitrogens with zero attached hydrogens (tertiary/aromatic N) is 2. The van der Waals surface area contributed by atoms with Gasteiger partial charge in [-0.15, -0.1) is 0 Å². The number of benzene rings is 1. The molecule has 2 rings (SSSR count). The van der Waals surface area contributed by atoms with E-state index in [0.717, 1.165) is 37.2 Å². The molecule has 1 unspecified atom stereocenters. The molecule has 1 aliphatic carbocycles. The quantitative estimate of drug-likeness (QED) is 0.475. The van der Waals surface area contributed by atoms with E-state index in [9.17, 15) is 5.11 Å². The highest BCUT2D eigenvalue weighted by atomic mass is 16.3. The van der Waals surface area contributed by atoms with Gasteiger partial charge >= 0.3 is 0 Å². The minimum Gasteiger partial charge on any atom is -0.388 e. The molecule has 5 heteroatoms. The van der Waals surface area contributed by atoms with E-state index in [4.69, 9.17) is 0 Å². The molecule has 0 spiro atoms. The third-order valence-corrected chi connectivity index (χ3v) is 4.91. The number of aliphatic hydroxyl groups is 1. The Hall–Kier alpha value is -1.59. The molecule has 1 aromatic carbocycles. The van der Waals surface area contributed by atoms with Crippen molar-refractivity contribution in [3.8, 4) is 0 Å². The zero-order valence-corrected chi connectivity index (χ0v) is 15.7. The van der Waals surface area contributed by atoms with E-state index in [1.165, 1.54) is 25.7 Å². The van der Waals surface area contributed by atoms with Crippen LogP contribution in [0.4, 0.5) is 0 Å². The molecular weight excluding hydrogens is 312 g/mol. The number of guanidine groups is 1. The molecule has 1 aliphatic rings. The van der Waals surface area contributed by atoms with Crippen LogP contribution < -0.4 is 10.6 Å². The standard InChI is InChI=1S/C20H34N4O/c1-3-21-20(23-15-16-24(2)18-11-7-8-12-18)22-14-13-19(25)17-9-5-4-6-10-17/h4-6,9-10,18-19,25H,3,7-8,11-16H2,1-2H3,(H2,21,22,23). The lowest BCUT2D eigenvalue weighted by atomic mass is 10.1. The van der Waals surface area contributed by atoms with Crippen LogP contribution in [0.2, 0.25) is 0 Å². The Bertz CT molecular complexity index is 500. The lowest BCUT2D eigenvalue weighted by Gasteiger charge is -2.24. The van der Waals surface area contributed by atoms with Crippen LogP contribution in [0.15, 0.2) is 35.3 Å². The topological polar surface area (TPSA) is 59.9 Å². The van der Waals surface area contributed by atoms with Crippen molar-refractivity contribution in [3.63, 3.8) is 0 Å². The van der Waals surface area contributed by atoms with Crippen molar-refractivity contribution >= 4 is 5.96 Å².